The van der Waals surface area contributed by atoms with Crippen molar-refractivity contribution in [2.24, 2.45) is 0 Å². The number of nitrogens with zero attached hydrogens (tertiary/aromatic N) is 1. The summed E-state index contributed by atoms with van der Waals surface area (Å²) in [6.07, 6.45) is 0.110. The molecule has 0 bridgehead atoms. The molecule has 1 aromatic rings. The van der Waals surface area contributed by atoms with Crippen LogP contribution in [0.2, 0.25) is 0 Å². The highest BCUT2D eigenvalue weighted by molar-refractivity contribution is 5.89. The van der Waals surface area contributed by atoms with Crippen LogP contribution in [0.25, 0.3) is 0 Å². The van der Waals surface area contributed by atoms with Crippen LogP contribution in [0, 0.1) is 0 Å². The molecular formula is C15H22N2O5. The Bertz CT molecular complexity index is 453. The molecule has 122 valence electrons. The first-order valence-electron chi connectivity index (χ1n) is 7.03. The van der Waals surface area contributed by atoms with Gasteiger partial charge in [0, 0.05) is 18.8 Å². The number of para-hydroxylation sites is 1. The molecule has 0 heterocycles. The summed E-state index contributed by atoms with van der Waals surface area (Å²) >= 11 is 0. The van der Waals surface area contributed by atoms with Crippen LogP contribution in [0.1, 0.15) is 6.42 Å². The van der Waals surface area contributed by atoms with E-state index in [9.17, 15) is 9.59 Å². The molecule has 0 aliphatic heterocycles. The van der Waals surface area contributed by atoms with Crippen LogP contribution >= 0.6 is 0 Å². The van der Waals surface area contributed by atoms with Gasteiger partial charge in [-0.2, -0.15) is 0 Å². The molecule has 0 atom stereocenters. The lowest BCUT2D eigenvalue weighted by molar-refractivity contribution is -0.140. The highest BCUT2D eigenvalue weighted by Gasteiger charge is 2.15. The summed E-state index contributed by atoms with van der Waals surface area (Å²) in [7, 11) is 1.31. The van der Waals surface area contributed by atoms with Gasteiger partial charge < -0.3 is 24.8 Å². The second kappa shape index (κ2) is 10.6. The summed E-state index contributed by atoms with van der Waals surface area (Å²) in [5.74, 6) is -0.381. The van der Waals surface area contributed by atoms with Gasteiger partial charge in [0.05, 0.1) is 33.4 Å². The number of urea groups is 1. The molecule has 7 nitrogen and oxygen atoms in total. The van der Waals surface area contributed by atoms with E-state index in [1.807, 2.05) is 18.2 Å². The number of carbonyl (C=O) groups excluding carboxylic acids is 2. The van der Waals surface area contributed by atoms with Crippen LogP contribution in [0.5, 0.6) is 0 Å². The van der Waals surface area contributed by atoms with E-state index in [0.29, 0.717) is 12.2 Å². The van der Waals surface area contributed by atoms with Gasteiger partial charge in [-0.25, -0.2) is 4.79 Å². The van der Waals surface area contributed by atoms with Crippen LogP contribution in [-0.4, -0.2) is 62.0 Å². The van der Waals surface area contributed by atoms with Gasteiger partial charge in [-0.3, -0.25) is 4.79 Å². The molecule has 0 radical (unpaired) electrons. The zero-order valence-electron chi connectivity index (χ0n) is 12.7. The average Bonchev–Trinajstić information content (AvgIpc) is 2.54. The van der Waals surface area contributed by atoms with Crippen molar-refractivity contribution in [1.29, 1.82) is 0 Å². The number of esters is 1. The third-order valence-electron chi connectivity index (χ3n) is 2.87. The van der Waals surface area contributed by atoms with E-state index >= 15 is 0 Å². The third-order valence-corrected chi connectivity index (χ3v) is 2.87. The fraction of sp³-hybridized carbons (Fsp3) is 0.467. The van der Waals surface area contributed by atoms with Gasteiger partial charge in [-0.15, -0.1) is 0 Å². The van der Waals surface area contributed by atoms with Crippen molar-refractivity contribution in [3.05, 3.63) is 30.3 Å². The summed E-state index contributed by atoms with van der Waals surface area (Å²) in [5.41, 5.74) is 0.673. The molecule has 2 N–H and O–H groups in total. The number of nitrogens with one attached hydrogen (secondary N) is 1. The minimum atomic E-state index is -0.381. The van der Waals surface area contributed by atoms with Crippen LogP contribution in [-0.2, 0) is 14.3 Å². The predicted molar refractivity (Wildman–Crippen MR) is 81.6 cm³/mol. The molecule has 0 aliphatic carbocycles. The second-order valence-electron chi connectivity index (χ2n) is 4.45. The number of benzene rings is 1. The summed E-state index contributed by atoms with van der Waals surface area (Å²) in [4.78, 5) is 24.9. The van der Waals surface area contributed by atoms with E-state index in [1.165, 1.54) is 12.0 Å². The lowest BCUT2D eigenvalue weighted by Crippen LogP contribution is -2.39. The van der Waals surface area contributed by atoms with Crippen molar-refractivity contribution in [1.82, 2.24) is 4.90 Å². The summed E-state index contributed by atoms with van der Waals surface area (Å²) in [5, 5.41) is 11.4. The van der Waals surface area contributed by atoms with Gasteiger partial charge in [0.1, 0.15) is 0 Å². The van der Waals surface area contributed by atoms with Gasteiger partial charge in [-0.1, -0.05) is 18.2 Å². The number of aliphatic hydroxyl groups is 1. The Morgan fingerprint density at radius 2 is 1.91 bits per heavy atom. The van der Waals surface area contributed by atoms with Gasteiger partial charge in [0.15, 0.2) is 0 Å². The number of anilines is 1. The van der Waals surface area contributed by atoms with Gasteiger partial charge in [-0.05, 0) is 12.1 Å². The van der Waals surface area contributed by atoms with Crippen LogP contribution < -0.4 is 5.32 Å². The molecule has 2 amide bonds. The average molecular weight is 310 g/mol. The quantitative estimate of drug-likeness (QED) is 0.526. The maximum Gasteiger partial charge on any atom is 0.321 e. The third kappa shape index (κ3) is 7.05. The number of methoxy groups -OCH3 is 1. The number of hydrogen-bond acceptors (Lipinski definition) is 5. The molecule has 0 saturated heterocycles. The van der Waals surface area contributed by atoms with E-state index in [2.05, 4.69) is 10.1 Å². The molecule has 7 heteroatoms. The summed E-state index contributed by atoms with van der Waals surface area (Å²) < 4.78 is 9.74. The first kappa shape index (κ1) is 17.9. The zero-order chi connectivity index (χ0) is 16.2. The van der Waals surface area contributed by atoms with Gasteiger partial charge in [0.2, 0.25) is 0 Å². The SMILES string of the molecule is COC(=O)CCN(CCOCCO)C(=O)Nc1ccccc1. The zero-order valence-corrected chi connectivity index (χ0v) is 12.7. The van der Waals surface area contributed by atoms with Crippen molar-refractivity contribution >= 4 is 17.7 Å². The first-order valence-corrected chi connectivity index (χ1v) is 7.03. The molecule has 1 aromatic carbocycles. The molecule has 0 unspecified atom stereocenters. The van der Waals surface area contributed by atoms with Crippen LogP contribution in [0.15, 0.2) is 30.3 Å². The monoisotopic (exact) mass is 310 g/mol. The molecule has 1 rings (SSSR count). The van der Waals surface area contributed by atoms with E-state index in [4.69, 9.17) is 9.84 Å². The van der Waals surface area contributed by atoms with Gasteiger partial charge >= 0.3 is 12.0 Å². The Kier molecular flexibility index (Phi) is 8.63. The van der Waals surface area contributed by atoms with Gasteiger partial charge in [0.25, 0.3) is 0 Å². The minimum absolute atomic E-state index is 0.0711. The van der Waals surface area contributed by atoms with Crippen molar-refractivity contribution in [2.45, 2.75) is 6.42 Å². The highest BCUT2D eigenvalue weighted by atomic mass is 16.5. The predicted octanol–water partition coefficient (Wildman–Crippen LogP) is 1.09. The Morgan fingerprint density at radius 1 is 1.18 bits per heavy atom. The Hall–Kier alpha value is -2.12. The molecule has 22 heavy (non-hydrogen) atoms. The maximum atomic E-state index is 12.2. The molecule has 0 fully saturated rings. The molecule has 0 saturated carbocycles. The highest BCUT2D eigenvalue weighted by Crippen LogP contribution is 2.07. The Labute approximate surface area is 129 Å². The van der Waals surface area contributed by atoms with Crippen LogP contribution in [0.3, 0.4) is 0 Å². The lowest BCUT2D eigenvalue weighted by atomic mass is 10.3. The number of aliphatic hydroxyl groups excluding tert-OH is 1. The standard InChI is InChI=1S/C15H22N2O5/c1-21-14(19)7-8-17(9-11-22-12-10-18)15(20)16-13-5-3-2-4-6-13/h2-6,18H,7-12H2,1H3,(H,16,20). The van der Waals surface area contributed by atoms with Crippen LogP contribution in [0.4, 0.5) is 10.5 Å². The van der Waals surface area contributed by atoms with Crippen molar-refractivity contribution in [3.63, 3.8) is 0 Å². The number of amides is 2. The number of carbonyl (C=O) groups is 2. The normalized spacial score (nSPS) is 10.1. The number of rotatable bonds is 9. The topological polar surface area (TPSA) is 88.1 Å². The van der Waals surface area contributed by atoms with E-state index in [0.717, 1.165) is 0 Å². The van der Waals surface area contributed by atoms with E-state index < -0.39 is 0 Å². The maximum absolute atomic E-state index is 12.2. The number of hydrogen-bond donors (Lipinski definition) is 2. The Balaban J connectivity index is 2.54. The molecule has 0 aromatic heterocycles. The minimum Gasteiger partial charge on any atom is -0.469 e. The molecular weight excluding hydrogens is 288 g/mol. The van der Waals surface area contributed by atoms with E-state index in [-0.39, 0.29) is 44.8 Å². The fourth-order valence-corrected chi connectivity index (χ4v) is 1.71. The fourth-order valence-electron chi connectivity index (χ4n) is 1.71. The molecule has 0 spiro atoms. The van der Waals surface area contributed by atoms with Crippen molar-refractivity contribution < 1.29 is 24.2 Å². The first-order chi connectivity index (χ1) is 10.7. The summed E-state index contributed by atoms with van der Waals surface area (Å²) in [6.45, 7) is 0.969. The smallest absolute Gasteiger partial charge is 0.321 e. The summed E-state index contributed by atoms with van der Waals surface area (Å²) in [6, 6.07) is 8.73. The van der Waals surface area contributed by atoms with Crippen molar-refractivity contribution in [3.8, 4) is 0 Å². The van der Waals surface area contributed by atoms with E-state index in [1.54, 1.807) is 12.1 Å². The molecule has 0 aliphatic rings. The van der Waals surface area contributed by atoms with Crippen molar-refractivity contribution in [2.75, 3.05) is 45.3 Å². The Morgan fingerprint density at radius 3 is 2.55 bits per heavy atom. The lowest BCUT2D eigenvalue weighted by Gasteiger charge is -2.22. The second-order valence-corrected chi connectivity index (χ2v) is 4.45. The number of ether oxygens (including phenoxy) is 2. The largest absolute Gasteiger partial charge is 0.469 e.